The van der Waals surface area contributed by atoms with Crippen LogP contribution in [0.4, 0.5) is 10.6 Å². The van der Waals surface area contributed by atoms with E-state index in [0.717, 1.165) is 5.56 Å². The summed E-state index contributed by atoms with van der Waals surface area (Å²) in [7, 11) is 1.66. The van der Waals surface area contributed by atoms with E-state index in [1.165, 1.54) is 4.68 Å². The second kappa shape index (κ2) is 7.44. The minimum absolute atomic E-state index is 0.257. The standard InChI is InChI=1S/C16H20N4O3/c1-4-23-15(21)13-11(2)19-20(3)14(13)18-16(22)17-10-12-8-6-5-7-9-12/h5-9H,4,10H2,1-3H3,(H2,17,18,22). The smallest absolute Gasteiger partial charge is 0.343 e. The third kappa shape index (κ3) is 4.09. The highest BCUT2D eigenvalue weighted by atomic mass is 16.5. The van der Waals surface area contributed by atoms with Crippen molar-refractivity contribution in [3.8, 4) is 0 Å². The van der Waals surface area contributed by atoms with E-state index in [0.29, 0.717) is 18.1 Å². The van der Waals surface area contributed by atoms with Crippen molar-refractivity contribution in [2.24, 2.45) is 7.05 Å². The van der Waals surface area contributed by atoms with Crippen molar-refractivity contribution in [3.05, 3.63) is 47.2 Å². The number of urea groups is 1. The minimum atomic E-state index is -0.503. The molecule has 0 saturated heterocycles. The zero-order valence-electron chi connectivity index (χ0n) is 13.4. The molecule has 0 fully saturated rings. The Hall–Kier alpha value is -2.83. The first-order valence-electron chi connectivity index (χ1n) is 7.32. The Kier molecular flexibility index (Phi) is 5.35. The van der Waals surface area contributed by atoms with Gasteiger partial charge >= 0.3 is 12.0 Å². The highest BCUT2D eigenvalue weighted by Gasteiger charge is 2.22. The summed E-state index contributed by atoms with van der Waals surface area (Å²) < 4.78 is 6.46. The molecule has 0 spiro atoms. The van der Waals surface area contributed by atoms with Crippen LogP contribution in [0.15, 0.2) is 30.3 Å². The predicted octanol–water partition coefficient (Wildman–Crippen LogP) is 2.23. The molecular formula is C16H20N4O3. The molecule has 2 N–H and O–H groups in total. The van der Waals surface area contributed by atoms with Gasteiger partial charge in [-0.15, -0.1) is 0 Å². The van der Waals surface area contributed by atoms with Gasteiger partial charge in [0.25, 0.3) is 0 Å². The van der Waals surface area contributed by atoms with E-state index in [-0.39, 0.29) is 12.2 Å². The number of nitrogens with one attached hydrogen (secondary N) is 2. The summed E-state index contributed by atoms with van der Waals surface area (Å²) in [5.41, 5.74) is 1.75. The summed E-state index contributed by atoms with van der Waals surface area (Å²) in [5.74, 6) is -0.192. The van der Waals surface area contributed by atoms with Crippen molar-refractivity contribution in [2.75, 3.05) is 11.9 Å². The number of rotatable bonds is 5. The summed E-state index contributed by atoms with van der Waals surface area (Å²) in [6.45, 7) is 4.06. The van der Waals surface area contributed by atoms with Gasteiger partial charge in [0.05, 0.1) is 12.3 Å². The molecule has 1 aromatic carbocycles. The summed E-state index contributed by atoms with van der Waals surface area (Å²) >= 11 is 0. The van der Waals surface area contributed by atoms with Gasteiger partial charge in [0, 0.05) is 13.6 Å². The van der Waals surface area contributed by atoms with E-state index in [1.807, 2.05) is 30.3 Å². The van der Waals surface area contributed by atoms with Crippen molar-refractivity contribution in [1.82, 2.24) is 15.1 Å². The monoisotopic (exact) mass is 316 g/mol. The maximum atomic E-state index is 12.1. The molecule has 1 heterocycles. The fourth-order valence-corrected chi connectivity index (χ4v) is 2.18. The van der Waals surface area contributed by atoms with Crippen LogP contribution in [0.2, 0.25) is 0 Å². The van der Waals surface area contributed by atoms with Crippen molar-refractivity contribution < 1.29 is 14.3 Å². The van der Waals surface area contributed by atoms with Crippen LogP contribution in [0.1, 0.15) is 28.5 Å². The molecule has 2 amide bonds. The number of benzene rings is 1. The number of carbonyl (C=O) groups excluding carboxylic acids is 2. The van der Waals surface area contributed by atoms with E-state index in [4.69, 9.17) is 4.74 Å². The normalized spacial score (nSPS) is 10.2. The lowest BCUT2D eigenvalue weighted by Gasteiger charge is -2.10. The predicted molar refractivity (Wildman–Crippen MR) is 86.2 cm³/mol. The first-order chi connectivity index (χ1) is 11.0. The highest BCUT2D eigenvalue weighted by Crippen LogP contribution is 2.19. The first-order valence-corrected chi connectivity index (χ1v) is 7.32. The SMILES string of the molecule is CCOC(=O)c1c(C)nn(C)c1NC(=O)NCc1ccccc1. The molecule has 0 saturated carbocycles. The Morgan fingerprint density at radius 2 is 1.96 bits per heavy atom. The number of nitrogens with zero attached hydrogens (tertiary/aromatic N) is 2. The Labute approximate surface area is 134 Å². The van der Waals surface area contributed by atoms with Crippen molar-refractivity contribution in [1.29, 1.82) is 0 Å². The van der Waals surface area contributed by atoms with Gasteiger partial charge in [0.15, 0.2) is 0 Å². The number of ether oxygens (including phenoxy) is 1. The van der Waals surface area contributed by atoms with E-state index >= 15 is 0 Å². The average Bonchev–Trinajstić information content (AvgIpc) is 2.80. The van der Waals surface area contributed by atoms with Crippen LogP contribution in [-0.4, -0.2) is 28.4 Å². The molecule has 0 atom stereocenters. The topological polar surface area (TPSA) is 85.2 Å². The number of aromatic nitrogens is 2. The quantitative estimate of drug-likeness (QED) is 0.828. The molecule has 0 radical (unpaired) electrons. The number of aryl methyl sites for hydroxylation is 2. The lowest BCUT2D eigenvalue weighted by molar-refractivity contribution is 0.0526. The van der Waals surface area contributed by atoms with Crippen LogP contribution in [0, 0.1) is 6.92 Å². The molecule has 0 unspecified atom stereocenters. The van der Waals surface area contributed by atoms with Gasteiger partial charge in [-0.3, -0.25) is 10.00 Å². The van der Waals surface area contributed by atoms with Gasteiger partial charge in [0.1, 0.15) is 11.4 Å². The van der Waals surface area contributed by atoms with Crippen molar-refractivity contribution >= 4 is 17.8 Å². The molecule has 23 heavy (non-hydrogen) atoms. The Balaban J connectivity index is 2.07. The number of hydrogen-bond acceptors (Lipinski definition) is 4. The minimum Gasteiger partial charge on any atom is -0.462 e. The average molecular weight is 316 g/mol. The second-order valence-corrected chi connectivity index (χ2v) is 4.95. The van der Waals surface area contributed by atoms with Gasteiger partial charge in [-0.2, -0.15) is 5.10 Å². The maximum absolute atomic E-state index is 12.1. The van der Waals surface area contributed by atoms with Gasteiger partial charge in [-0.25, -0.2) is 9.59 Å². The number of anilines is 1. The fraction of sp³-hybridized carbons (Fsp3) is 0.312. The summed E-state index contributed by atoms with van der Waals surface area (Å²) in [5, 5.41) is 9.56. The summed E-state index contributed by atoms with van der Waals surface area (Å²) in [4.78, 5) is 24.1. The molecule has 2 rings (SSSR count). The van der Waals surface area contributed by atoms with Gasteiger partial charge in [0.2, 0.25) is 0 Å². The van der Waals surface area contributed by atoms with Crippen molar-refractivity contribution in [3.63, 3.8) is 0 Å². The van der Waals surface area contributed by atoms with Crippen molar-refractivity contribution in [2.45, 2.75) is 20.4 Å². The molecule has 1 aromatic heterocycles. The Morgan fingerprint density at radius 3 is 2.61 bits per heavy atom. The van der Waals surface area contributed by atoms with Crippen LogP contribution in [0.3, 0.4) is 0 Å². The van der Waals surface area contributed by atoms with Gasteiger partial charge in [-0.1, -0.05) is 30.3 Å². The number of amides is 2. The highest BCUT2D eigenvalue weighted by molar-refractivity contribution is 6.00. The molecule has 0 aliphatic carbocycles. The zero-order chi connectivity index (χ0) is 16.8. The molecule has 7 heteroatoms. The van der Waals surface area contributed by atoms with E-state index in [1.54, 1.807) is 20.9 Å². The Morgan fingerprint density at radius 1 is 1.26 bits per heavy atom. The van der Waals surface area contributed by atoms with Gasteiger partial charge in [-0.05, 0) is 19.4 Å². The Bertz CT molecular complexity index is 695. The molecule has 7 nitrogen and oxygen atoms in total. The van der Waals surface area contributed by atoms with Crippen LogP contribution in [0.5, 0.6) is 0 Å². The van der Waals surface area contributed by atoms with E-state index < -0.39 is 12.0 Å². The lowest BCUT2D eigenvalue weighted by atomic mass is 10.2. The third-order valence-electron chi connectivity index (χ3n) is 3.23. The maximum Gasteiger partial charge on any atom is 0.343 e. The van der Waals surface area contributed by atoms with Gasteiger partial charge < -0.3 is 10.1 Å². The largest absolute Gasteiger partial charge is 0.462 e. The molecule has 0 aliphatic rings. The van der Waals surface area contributed by atoms with E-state index in [9.17, 15) is 9.59 Å². The zero-order valence-corrected chi connectivity index (χ0v) is 13.4. The molecule has 0 aliphatic heterocycles. The number of esters is 1. The second-order valence-electron chi connectivity index (χ2n) is 4.95. The van der Waals surface area contributed by atoms with E-state index in [2.05, 4.69) is 15.7 Å². The number of carbonyl (C=O) groups is 2. The number of hydrogen-bond donors (Lipinski definition) is 2. The van der Waals surface area contributed by atoms with Crippen LogP contribution in [-0.2, 0) is 18.3 Å². The first kappa shape index (κ1) is 16.5. The lowest BCUT2D eigenvalue weighted by Crippen LogP contribution is -2.29. The molecular weight excluding hydrogens is 296 g/mol. The summed E-state index contributed by atoms with van der Waals surface area (Å²) in [6.07, 6.45) is 0. The molecule has 0 bridgehead atoms. The van der Waals surface area contributed by atoms with Crippen LogP contribution in [0.25, 0.3) is 0 Å². The summed E-state index contributed by atoms with van der Waals surface area (Å²) in [6, 6.07) is 9.13. The fourth-order valence-electron chi connectivity index (χ4n) is 2.18. The molecule has 2 aromatic rings. The molecule has 122 valence electrons. The van der Waals surface area contributed by atoms with Crippen LogP contribution >= 0.6 is 0 Å². The van der Waals surface area contributed by atoms with Crippen LogP contribution < -0.4 is 10.6 Å². The third-order valence-corrected chi connectivity index (χ3v) is 3.23.